The lowest BCUT2D eigenvalue weighted by atomic mass is 10.0. The fourth-order valence-electron chi connectivity index (χ4n) is 3.40. The molecule has 6 heteroatoms. The Kier molecular flexibility index (Phi) is 6.75. The van der Waals surface area contributed by atoms with Gasteiger partial charge in [-0.15, -0.1) is 0 Å². The second-order valence-corrected chi connectivity index (χ2v) is 7.43. The Morgan fingerprint density at radius 3 is 2.36 bits per heavy atom. The molecular formula is C27H23N3O3. The summed E-state index contributed by atoms with van der Waals surface area (Å²) in [7, 11) is 0. The minimum atomic E-state index is -0.354. The lowest BCUT2D eigenvalue weighted by Crippen LogP contribution is -2.17. The Hall–Kier alpha value is -4.45. The molecule has 0 aliphatic carbocycles. The van der Waals surface area contributed by atoms with Crippen LogP contribution < -0.4 is 15.5 Å². The number of fused-ring (bicyclic) bond motifs is 1. The standard InChI is InChI=1S/C27H23N3O3/c1-19(31)29-23-14-11-22(12-15-23)27(32)30-28-17-25-24-10-6-5-9-21(24)13-16-26(25)33-18-20-7-3-2-4-8-20/h2-17H,18H2,1H3,(H,29,31)(H,30,32). The topological polar surface area (TPSA) is 79.8 Å². The summed E-state index contributed by atoms with van der Waals surface area (Å²) in [6.45, 7) is 1.85. The number of nitrogens with zero attached hydrogens (tertiary/aromatic N) is 1. The number of hydrazone groups is 1. The van der Waals surface area contributed by atoms with Crippen molar-refractivity contribution in [3.8, 4) is 5.75 Å². The number of amides is 2. The van der Waals surface area contributed by atoms with Gasteiger partial charge >= 0.3 is 0 Å². The number of anilines is 1. The van der Waals surface area contributed by atoms with Gasteiger partial charge in [-0.3, -0.25) is 9.59 Å². The molecule has 0 spiro atoms. The van der Waals surface area contributed by atoms with Crippen molar-refractivity contribution in [2.75, 3.05) is 5.32 Å². The van der Waals surface area contributed by atoms with Crippen molar-refractivity contribution in [1.29, 1.82) is 0 Å². The molecule has 4 aromatic rings. The number of hydrogen-bond donors (Lipinski definition) is 2. The Bertz CT molecular complexity index is 1300. The van der Waals surface area contributed by atoms with Crippen molar-refractivity contribution >= 4 is 34.5 Å². The van der Waals surface area contributed by atoms with E-state index in [1.807, 2.05) is 66.7 Å². The number of nitrogens with one attached hydrogen (secondary N) is 2. The predicted octanol–water partition coefficient (Wildman–Crippen LogP) is 5.14. The molecule has 0 heterocycles. The fourth-order valence-corrected chi connectivity index (χ4v) is 3.40. The largest absolute Gasteiger partial charge is 0.488 e. The first-order chi connectivity index (χ1) is 16.1. The molecule has 0 aliphatic heterocycles. The average molecular weight is 437 g/mol. The third kappa shape index (κ3) is 5.62. The number of carbonyl (C=O) groups is 2. The van der Waals surface area contributed by atoms with Crippen molar-refractivity contribution in [1.82, 2.24) is 5.43 Å². The van der Waals surface area contributed by atoms with Crippen molar-refractivity contribution in [2.24, 2.45) is 5.10 Å². The van der Waals surface area contributed by atoms with Crippen LogP contribution in [0.5, 0.6) is 5.75 Å². The normalized spacial score (nSPS) is 10.8. The van der Waals surface area contributed by atoms with E-state index in [0.29, 0.717) is 23.6 Å². The van der Waals surface area contributed by atoms with Gasteiger partial charge in [-0.25, -0.2) is 5.43 Å². The average Bonchev–Trinajstić information content (AvgIpc) is 2.84. The van der Waals surface area contributed by atoms with Gasteiger partial charge in [0.15, 0.2) is 0 Å². The van der Waals surface area contributed by atoms with E-state index in [9.17, 15) is 9.59 Å². The maximum Gasteiger partial charge on any atom is 0.271 e. The second-order valence-electron chi connectivity index (χ2n) is 7.43. The predicted molar refractivity (Wildman–Crippen MR) is 131 cm³/mol. The van der Waals surface area contributed by atoms with Gasteiger partial charge in [-0.2, -0.15) is 5.10 Å². The van der Waals surface area contributed by atoms with Crippen molar-refractivity contribution in [3.05, 3.63) is 108 Å². The zero-order valence-corrected chi connectivity index (χ0v) is 18.1. The summed E-state index contributed by atoms with van der Waals surface area (Å²) in [4.78, 5) is 23.6. The van der Waals surface area contributed by atoms with Gasteiger partial charge in [0, 0.05) is 23.7 Å². The third-order valence-corrected chi connectivity index (χ3v) is 5.00. The molecule has 33 heavy (non-hydrogen) atoms. The van der Waals surface area contributed by atoms with Gasteiger partial charge in [0.25, 0.3) is 5.91 Å². The molecule has 0 aromatic heterocycles. The van der Waals surface area contributed by atoms with Gasteiger partial charge in [-0.1, -0.05) is 60.7 Å². The van der Waals surface area contributed by atoms with Gasteiger partial charge in [-0.05, 0) is 46.7 Å². The molecule has 164 valence electrons. The van der Waals surface area contributed by atoms with Crippen LogP contribution in [0, 0.1) is 0 Å². The minimum absolute atomic E-state index is 0.169. The van der Waals surface area contributed by atoms with Crippen LogP contribution in [-0.2, 0) is 11.4 Å². The van der Waals surface area contributed by atoms with Crippen LogP contribution >= 0.6 is 0 Å². The van der Waals surface area contributed by atoms with Crippen LogP contribution in [0.3, 0.4) is 0 Å². The Balaban J connectivity index is 1.52. The van der Waals surface area contributed by atoms with Gasteiger partial charge in [0.05, 0.1) is 6.21 Å². The molecule has 0 radical (unpaired) electrons. The molecule has 2 N–H and O–H groups in total. The molecule has 4 rings (SSSR count). The van der Waals surface area contributed by atoms with Crippen LogP contribution in [0.25, 0.3) is 10.8 Å². The third-order valence-electron chi connectivity index (χ3n) is 5.00. The molecular weight excluding hydrogens is 414 g/mol. The molecule has 0 aliphatic rings. The van der Waals surface area contributed by atoms with Gasteiger partial charge in [0.2, 0.25) is 5.91 Å². The lowest BCUT2D eigenvalue weighted by Gasteiger charge is -2.12. The summed E-state index contributed by atoms with van der Waals surface area (Å²) >= 11 is 0. The van der Waals surface area contributed by atoms with Gasteiger partial charge < -0.3 is 10.1 Å². The molecule has 4 aromatic carbocycles. The first-order valence-electron chi connectivity index (χ1n) is 10.5. The first kappa shape index (κ1) is 21.8. The number of ether oxygens (including phenoxy) is 1. The maximum atomic E-state index is 12.5. The first-order valence-corrected chi connectivity index (χ1v) is 10.5. The number of benzene rings is 4. The van der Waals surface area contributed by atoms with E-state index < -0.39 is 0 Å². The van der Waals surface area contributed by atoms with E-state index in [1.54, 1.807) is 30.5 Å². The van der Waals surface area contributed by atoms with E-state index in [1.165, 1.54) is 6.92 Å². The molecule has 0 bridgehead atoms. The van der Waals surface area contributed by atoms with Crippen LogP contribution in [0.1, 0.15) is 28.4 Å². The molecule has 0 unspecified atom stereocenters. The molecule has 0 fully saturated rings. The fraction of sp³-hybridized carbons (Fsp3) is 0.0741. The Labute approximate surface area is 191 Å². The van der Waals surface area contributed by atoms with Crippen molar-refractivity contribution < 1.29 is 14.3 Å². The summed E-state index contributed by atoms with van der Waals surface area (Å²) in [6, 6.07) is 28.4. The van der Waals surface area contributed by atoms with E-state index in [2.05, 4.69) is 15.8 Å². The number of rotatable bonds is 7. The summed E-state index contributed by atoms with van der Waals surface area (Å²) in [5, 5.41) is 8.87. The van der Waals surface area contributed by atoms with E-state index in [-0.39, 0.29) is 11.8 Å². The monoisotopic (exact) mass is 437 g/mol. The van der Waals surface area contributed by atoms with Crippen molar-refractivity contribution in [2.45, 2.75) is 13.5 Å². The summed E-state index contributed by atoms with van der Waals surface area (Å²) in [5.74, 6) is 0.153. The van der Waals surface area contributed by atoms with E-state index >= 15 is 0 Å². The number of carbonyl (C=O) groups excluding carboxylic acids is 2. The zero-order chi connectivity index (χ0) is 23.0. The lowest BCUT2D eigenvalue weighted by molar-refractivity contribution is -0.114. The van der Waals surface area contributed by atoms with E-state index in [4.69, 9.17) is 4.74 Å². The summed E-state index contributed by atoms with van der Waals surface area (Å²) < 4.78 is 6.08. The highest BCUT2D eigenvalue weighted by atomic mass is 16.5. The summed E-state index contributed by atoms with van der Waals surface area (Å²) in [5.41, 5.74) is 5.46. The molecule has 0 saturated carbocycles. The van der Waals surface area contributed by atoms with Crippen LogP contribution in [0.2, 0.25) is 0 Å². The quantitative estimate of drug-likeness (QED) is 0.310. The molecule has 0 atom stereocenters. The molecule has 0 saturated heterocycles. The number of hydrogen-bond acceptors (Lipinski definition) is 4. The Morgan fingerprint density at radius 1 is 0.879 bits per heavy atom. The maximum absolute atomic E-state index is 12.5. The molecule has 2 amide bonds. The molecule has 6 nitrogen and oxygen atoms in total. The highest BCUT2D eigenvalue weighted by molar-refractivity contribution is 6.03. The van der Waals surface area contributed by atoms with Crippen LogP contribution in [-0.4, -0.2) is 18.0 Å². The van der Waals surface area contributed by atoms with Gasteiger partial charge in [0.1, 0.15) is 12.4 Å². The summed E-state index contributed by atoms with van der Waals surface area (Å²) in [6.07, 6.45) is 1.60. The minimum Gasteiger partial charge on any atom is -0.488 e. The highest BCUT2D eigenvalue weighted by Gasteiger charge is 2.09. The second kappa shape index (κ2) is 10.2. The van der Waals surface area contributed by atoms with Crippen LogP contribution in [0.15, 0.2) is 96.1 Å². The smallest absolute Gasteiger partial charge is 0.271 e. The van der Waals surface area contributed by atoms with Crippen LogP contribution in [0.4, 0.5) is 5.69 Å². The Morgan fingerprint density at radius 2 is 1.61 bits per heavy atom. The van der Waals surface area contributed by atoms with E-state index in [0.717, 1.165) is 21.9 Å². The van der Waals surface area contributed by atoms with Crippen molar-refractivity contribution in [3.63, 3.8) is 0 Å². The SMILES string of the molecule is CC(=O)Nc1ccc(C(=O)NN=Cc2c(OCc3ccccc3)ccc3ccccc23)cc1. The zero-order valence-electron chi connectivity index (χ0n) is 18.1. The highest BCUT2D eigenvalue weighted by Crippen LogP contribution is 2.27.